The molecular formula is C9H18N4O. The third-order valence-corrected chi connectivity index (χ3v) is 2.46. The van der Waals surface area contributed by atoms with Crippen molar-refractivity contribution in [1.82, 2.24) is 4.90 Å². The molecule has 1 fully saturated rings. The molecule has 1 saturated heterocycles. The maximum absolute atomic E-state index is 8.02. The van der Waals surface area contributed by atoms with Crippen molar-refractivity contribution >= 4 is 0 Å². The van der Waals surface area contributed by atoms with E-state index in [2.05, 4.69) is 21.8 Å². The van der Waals surface area contributed by atoms with E-state index in [9.17, 15) is 0 Å². The molecule has 1 rings (SSSR count). The SMILES string of the molecule is C[C@@H]1CCN(CCOCCN=[N+]=[N-])C1. The summed E-state index contributed by atoms with van der Waals surface area (Å²) < 4.78 is 5.33. The van der Waals surface area contributed by atoms with Gasteiger partial charge in [0.05, 0.1) is 13.2 Å². The van der Waals surface area contributed by atoms with Crippen molar-refractivity contribution in [2.24, 2.45) is 11.0 Å². The normalized spacial score (nSPS) is 22.2. The standard InChI is InChI=1S/C9H18N4O/c1-9-2-4-13(8-9)5-7-14-6-3-11-12-10/h9H,2-8H2,1H3/t9-/m1/s1. The van der Waals surface area contributed by atoms with Crippen molar-refractivity contribution in [3.63, 3.8) is 0 Å². The van der Waals surface area contributed by atoms with Crippen molar-refractivity contribution in [1.29, 1.82) is 0 Å². The first-order chi connectivity index (χ1) is 6.83. The second kappa shape index (κ2) is 6.65. The molecule has 1 aliphatic rings. The smallest absolute Gasteiger partial charge is 0.0593 e. The van der Waals surface area contributed by atoms with Gasteiger partial charge in [0.1, 0.15) is 0 Å². The highest BCUT2D eigenvalue weighted by Gasteiger charge is 2.17. The van der Waals surface area contributed by atoms with Crippen LogP contribution in [-0.2, 0) is 4.74 Å². The first-order valence-corrected chi connectivity index (χ1v) is 5.14. The molecule has 0 aliphatic carbocycles. The predicted octanol–water partition coefficient (Wildman–Crippen LogP) is 1.66. The fourth-order valence-electron chi connectivity index (χ4n) is 1.68. The van der Waals surface area contributed by atoms with Gasteiger partial charge in [-0.3, -0.25) is 0 Å². The lowest BCUT2D eigenvalue weighted by Crippen LogP contribution is -2.25. The average molecular weight is 198 g/mol. The predicted molar refractivity (Wildman–Crippen MR) is 55.1 cm³/mol. The summed E-state index contributed by atoms with van der Waals surface area (Å²) in [5.41, 5.74) is 8.02. The molecule has 0 radical (unpaired) electrons. The summed E-state index contributed by atoms with van der Waals surface area (Å²) in [5.74, 6) is 0.832. The number of ether oxygens (including phenoxy) is 1. The van der Waals surface area contributed by atoms with Crippen LogP contribution in [0.25, 0.3) is 10.4 Å². The molecule has 0 saturated carbocycles. The molecule has 0 spiro atoms. The van der Waals surface area contributed by atoms with Gasteiger partial charge < -0.3 is 9.64 Å². The monoisotopic (exact) mass is 198 g/mol. The molecule has 80 valence electrons. The molecule has 0 amide bonds. The van der Waals surface area contributed by atoms with Crippen molar-refractivity contribution in [3.05, 3.63) is 10.4 Å². The van der Waals surface area contributed by atoms with Gasteiger partial charge in [0.15, 0.2) is 0 Å². The fraction of sp³-hybridized carbons (Fsp3) is 1.00. The highest BCUT2D eigenvalue weighted by molar-refractivity contribution is 4.71. The summed E-state index contributed by atoms with van der Waals surface area (Å²) in [5, 5.41) is 3.40. The van der Waals surface area contributed by atoms with Gasteiger partial charge in [-0.25, -0.2) is 0 Å². The lowest BCUT2D eigenvalue weighted by Gasteiger charge is -2.14. The molecule has 0 N–H and O–H groups in total. The number of nitrogens with zero attached hydrogens (tertiary/aromatic N) is 4. The Kier molecular flexibility index (Phi) is 5.37. The topological polar surface area (TPSA) is 61.2 Å². The third kappa shape index (κ3) is 4.46. The van der Waals surface area contributed by atoms with Crippen LogP contribution in [0.3, 0.4) is 0 Å². The van der Waals surface area contributed by atoms with Crippen LogP contribution in [0.5, 0.6) is 0 Å². The summed E-state index contributed by atoms with van der Waals surface area (Å²) in [7, 11) is 0. The fourth-order valence-corrected chi connectivity index (χ4v) is 1.68. The first-order valence-electron chi connectivity index (χ1n) is 5.14. The number of rotatable bonds is 6. The van der Waals surface area contributed by atoms with Gasteiger partial charge in [-0.1, -0.05) is 12.0 Å². The van der Waals surface area contributed by atoms with E-state index in [1.807, 2.05) is 0 Å². The quantitative estimate of drug-likeness (QED) is 0.282. The van der Waals surface area contributed by atoms with Crippen LogP contribution in [0.15, 0.2) is 5.11 Å². The van der Waals surface area contributed by atoms with Gasteiger partial charge in [-0.05, 0) is 24.4 Å². The molecule has 0 aromatic carbocycles. The molecule has 0 bridgehead atoms. The van der Waals surface area contributed by atoms with Crippen LogP contribution in [-0.4, -0.2) is 44.3 Å². The minimum absolute atomic E-state index is 0.437. The Balaban J connectivity index is 1.91. The molecule has 0 unspecified atom stereocenters. The lowest BCUT2D eigenvalue weighted by atomic mass is 10.2. The Labute approximate surface area is 84.7 Å². The molecule has 1 aliphatic heterocycles. The van der Waals surface area contributed by atoms with Crippen LogP contribution in [0, 0.1) is 5.92 Å². The second-order valence-electron chi connectivity index (χ2n) is 3.76. The van der Waals surface area contributed by atoms with Gasteiger partial charge in [-0.15, -0.1) is 0 Å². The van der Waals surface area contributed by atoms with E-state index >= 15 is 0 Å². The number of likely N-dealkylation sites (tertiary alicyclic amines) is 1. The molecule has 1 heterocycles. The Morgan fingerprint density at radius 3 is 3.07 bits per heavy atom. The van der Waals surface area contributed by atoms with Gasteiger partial charge in [0.25, 0.3) is 0 Å². The average Bonchev–Trinajstić information content (AvgIpc) is 2.58. The molecule has 1 atom stereocenters. The zero-order valence-electron chi connectivity index (χ0n) is 8.72. The van der Waals surface area contributed by atoms with Crippen LogP contribution in [0.2, 0.25) is 0 Å². The number of azide groups is 1. The van der Waals surface area contributed by atoms with E-state index in [4.69, 9.17) is 10.3 Å². The Morgan fingerprint density at radius 2 is 2.43 bits per heavy atom. The summed E-state index contributed by atoms with van der Waals surface area (Å²) in [6.07, 6.45) is 1.30. The second-order valence-corrected chi connectivity index (χ2v) is 3.76. The van der Waals surface area contributed by atoms with E-state index < -0.39 is 0 Å². The molecule has 0 aromatic heterocycles. The van der Waals surface area contributed by atoms with Crippen molar-refractivity contribution in [3.8, 4) is 0 Å². The minimum atomic E-state index is 0.437. The number of hydrogen-bond donors (Lipinski definition) is 0. The highest BCUT2D eigenvalue weighted by atomic mass is 16.5. The van der Waals surface area contributed by atoms with Gasteiger partial charge in [0, 0.05) is 24.5 Å². The molecule has 14 heavy (non-hydrogen) atoms. The molecule has 5 nitrogen and oxygen atoms in total. The molecule has 5 heteroatoms. The van der Waals surface area contributed by atoms with E-state index in [-0.39, 0.29) is 0 Å². The Bertz CT molecular complexity index is 203. The summed E-state index contributed by atoms with van der Waals surface area (Å²) in [6.45, 7) is 7.39. The zero-order chi connectivity index (χ0) is 10.2. The largest absolute Gasteiger partial charge is 0.380 e. The van der Waals surface area contributed by atoms with Gasteiger partial charge >= 0.3 is 0 Å². The summed E-state index contributed by atoms with van der Waals surface area (Å²) in [6, 6.07) is 0. The Morgan fingerprint density at radius 1 is 1.57 bits per heavy atom. The maximum Gasteiger partial charge on any atom is 0.0593 e. The number of hydrogen-bond acceptors (Lipinski definition) is 3. The van der Waals surface area contributed by atoms with E-state index in [1.54, 1.807) is 0 Å². The Hall–Kier alpha value is -0.770. The van der Waals surface area contributed by atoms with Crippen LogP contribution in [0.4, 0.5) is 0 Å². The summed E-state index contributed by atoms with van der Waals surface area (Å²) in [4.78, 5) is 5.07. The highest BCUT2D eigenvalue weighted by Crippen LogP contribution is 2.13. The third-order valence-electron chi connectivity index (χ3n) is 2.46. The van der Waals surface area contributed by atoms with Crippen molar-refractivity contribution in [2.45, 2.75) is 13.3 Å². The van der Waals surface area contributed by atoms with Crippen molar-refractivity contribution in [2.75, 3.05) is 39.4 Å². The van der Waals surface area contributed by atoms with Gasteiger partial charge in [0.2, 0.25) is 0 Å². The minimum Gasteiger partial charge on any atom is -0.380 e. The van der Waals surface area contributed by atoms with E-state index in [0.29, 0.717) is 13.2 Å². The first kappa shape index (κ1) is 11.3. The van der Waals surface area contributed by atoms with Gasteiger partial charge in [-0.2, -0.15) is 0 Å². The molecular weight excluding hydrogens is 180 g/mol. The molecule has 0 aromatic rings. The van der Waals surface area contributed by atoms with Crippen LogP contribution >= 0.6 is 0 Å². The van der Waals surface area contributed by atoms with E-state index in [1.165, 1.54) is 19.5 Å². The lowest BCUT2D eigenvalue weighted by molar-refractivity contribution is 0.116. The maximum atomic E-state index is 8.02. The van der Waals surface area contributed by atoms with Crippen molar-refractivity contribution < 1.29 is 4.74 Å². The summed E-state index contributed by atoms with van der Waals surface area (Å²) >= 11 is 0. The van der Waals surface area contributed by atoms with E-state index in [0.717, 1.165) is 19.1 Å². The van der Waals surface area contributed by atoms with Crippen LogP contribution in [0.1, 0.15) is 13.3 Å². The van der Waals surface area contributed by atoms with Crippen LogP contribution < -0.4 is 0 Å². The zero-order valence-corrected chi connectivity index (χ0v) is 8.72.